The number of primary amides is 1. The van der Waals surface area contributed by atoms with Gasteiger partial charge in [-0.15, -0.1) is 10.2 Å². The number of nitrogens with two attached hydrogens (primary N) is 2. The van der Waals surface area contributed by atoms with E-state index in [4.69, 9.17) is 11.5 Å². The number of thioether (sulfide) groups is 1. The second-order valence-corrected chi connectivity index (χ2v) is 5.25. The number of hydrogen-bond donors (Lipinski definition) is 2. The molecular formula is C13H16FN5OS. The third kappa shape index (κ3) is 3.40. The van der Waals surface area contributed by atoms with Gasteiger partial charge in [0.05, 0.1) is 6.54 Å². The standard InChI is InChI=1S/C13H16FN5OS/c1-2-19-11(6-15)17-18-13(19)21-7-9-5-8(12(16)20)3-4-10(9)14/h3-5H,2,6-7,15H2,1H3,(H2,16,20). The van der Waals surface area contributed by atoms with Crippen LogP contribution in [0.2, 0.25) is 0 Å². The topological polar surface area (TPSA) is 99.8 Å². The number of amides is 1. The van der Waals surface area contributed by atoms with E-state index in [9.17, 15) is 9.18 Å². The zero-order chi connectivity index (χ0) is 15.4. The fourth-order valence-corrected chi connectivity index (χ4v) is 2.87. The van der Waals surface area contributed by atoms with Crippen molar-refractivity contribution in [1.82, 2.24) is 14.8 Å². The smallest absolute Gasteiger partial charge is 0.248 e. The molecule has 0 aliphatic carbocycles. The van der Waals surface area contributed by atoms with E-state index in [0.29, 0.717) is 35.4 Å². The number of carbonyl (C=O) groups is 1. The molecule has 0 saturated heterocycles. The number of benzene rings is 1. The highest BCUT2D eigenvalue weighted by molar-refractivity contribution is 7.98. The van der Waals surface area contributed by atoms with Crippen LogP contribution in [0, 0.1) is 5.82 Å². The van der Waals surface area contributed by atoms with Crippen molar-refractivity contribution in [3.05, 3.63) is 41.0 Å². The summed E-state index contributed by atoms with van der Waals surface area (Å²) in [4.78, 5) is 11.1. The molecular weight excluding hydrogens is 293 g/mol. The predicted molar refractivity (Wildman–Crippen MR) is 78.1 cm³/mol. The van der Waals surface area contributed by atoms with Gasteiger partial charge >= 0.3 is 0 Å². The SMILES string of the molecule is CCn1c(CN)nnc1SCc1cc(C(N)=O)ccc1F. The molecule has 8 heteroatoms. The van der Waals surface area contributed by atoms with Crippen LogP contribution in [0.3, 0.4) is 0 Å². The van der Waals surface area contributed by atoms with E-state index in [-0.39, 0.29) is 11.4 Å². The van der Waals surface area contributed by atoms with Gasteiger partial charge in [-0.3, -0.25) is 4.79 Å². The minimum absolute atomic E-state index is 0.284. The van der Waals surface area contributed by atoms with Crippen LogP contribution in [0.1, 0.15) is 28.7 Å². The van der Waals surface area contributed by atoms with E-state index in [1.54, 1.807) is 0 Å². The zero-order valence-corrected chi connectivity index (χ0v) is 12.4. The first-order valence-electron chi connectivity index (χ1n) is 6.40. The Balaban J connectivity index is 2.18. The van der Waals surface area contributed by atoms with Crippen LogP contribution in [0.4, 0.5) is 4.39 Å². The first kappa shape index (κ1) is 15.5. The lowest BCUT2D eigenvalue weighted by Gasteiger charge is -2.07. The van der Waals surface area contributed by atoms with E-state index in [1.165, 1.54) is 30.0 Å². The molecule has 2 aromatic rings. The van der Waals surface area contributed by atoms with Crippen molar-refractivity contribution in [2.75, 3.05) is 0 Å². The van der Waals surface area contributed by atoms with Gasteiger partial charge < -0.3 is 16.0 Å². The molecule has 1 amide bonds. The summed E-state index contributed by atoms with van der Waals surface area (Å²) in [6, 6.07) is 4.07. The summed E-state index contributed by atoms with van der Waals surface area (Å²) in [5.41, 5.74) is 11.5. The van der Waals surface area contributed by atoms with Crippen molar-refractivity contribution in [1.29, 1.82) is 0 Å². The van der Waals surface area contributed by atoms with E-state index < -0.39 is 5.91 Å². The molecule has 1 heterocycles. The monoisotopic (exact) mass is 309 g/mol. The van der Waals surface area contributed by atoms with Gasteiger partial charge in [-0.25, -0.2) is 4.39 Å². The lowest BCUT2D eigenvalue weighted by atomic mass is 10.1. The largest absolute Gasteiger partial charge is 0.366 e. The van der Waals surface area contributed by atoms with Gasteiger partial charge in [0.1, 0.15) is 11.6 Å². The summed E-state index contributed by atoms with van der Waals surface area (Å²) in [6.07, 6.45) is 0. The third-order valence-electron chi connectivity index (χ3n) is 2.98. The Bertz CT molecular complexity index is 658. The molecule has 21 heavy (non-hydrogen) atoms. The first-order valence-corrected chi connectivity index (χ1v) is 7.38. The van der Waals surface area contributed by atoms with Crippen molar-refractivity contribution in [2.24, 2.45) is 11.5 Å². The van der Waals surface area contributed by atoms with Gasteiger partial charge in [0, 0.05) is 17.9 Å². The summed E-state index contributed by atoms with van der Waals surface area (Å²) < 4.78 is 15.6. The minimum atomic E-state index is -0.580. The number of rotatable bonds is 6. The van der Waals surface area contributed by atoms with Gasteiger partial charge in [-0.1, -0.05) is 11.8 Å². The van der Waals surface area contributed by atoms with Gasteiger partial charge in [0.15, 0.2) is 5.16 Å². The van der Waals surface area contributed by atoms with Gasteiger partial charge in [0.2, 0.25) is 5.91 Å². The van der Waals surface area contributed by atoms with E-state index in [2.05, 4.69) is 10.2 Å². The quantitative estimate of drug-likeness (QED) is 0.783. The molecule has 1 aromatic heterocycles. The predicted octanol–water partition coefficient (Wildman–Crippen LogP) is 1.29. The number of halogens is 1. The van der Waals surface area contributed by atoms with Gasteiger partial charge in [0.25, 0.3) is 0 Å². The van der Waals surface area contributed by atoms with Crippen LogP contribution in [0.15, 0.2) is 23.4 Å². The van der Waals surface area contributed by atoms with Crippen molar-refractivity contribution in [3.63, 3.8) is 0 Å². The summed E-state index contributed by atoms with van der Waals surface area (Å²) in [5.74, 6) is 0.0548. The molecule has 112 valence electrons. The number of nitrogens with zero attached hydrogens (tertiary/aromatic N) is 3. The average molecular weight is 309 g/mol. The van der Waals surface area contributed by atoms with Crippen molar-refractivity contribution >= 4 is 17.7 Å². The lowest BCUT2D eigenvalue weighted by molar-refractivity contribution is 0.1000. The molecule has 0 aliphatic rings. The molecule has 0 aliphatic heterocycles. The first-order chi connectivity index (χ1) is 10.1. The summed E-state index contributed by atoms with van der Waals surface area (Å²) in [6.45, 7) is 2.94. The molecule has 0 bridgehead atoms. The Morgan fingerprint density at radius 3 is 2.81 bits per heavy atom. The van der Waals surface area contributed by atoms with E-state index in [1.807, 2.05) is 11.5 Å². The maximum absolute atomic E-state index is 13.8. The van der Waals surface area contributed by atoms with Crippen molar-refractivity contribution < 1.29 is 9.18 Å². The maximum Gasteiger partial charge on any atom is 0.248 e. The molecule has 1 aromatic carbocycles. The fourth-order valence-electron chi connectivity index (χ4n) is 1.88. The highest BCUT2D eigenvalue weighted by atomic mass is 32.2. The van der Waals surface area contributed by atoms with E-state index in [0.717, 1.165) is 0 Å². The third-order valence-corrected chi connectivity index (χ3v) is 3.99. The van der Waals surface area contributed by atoms with E-state index >= 15 is 0 Å². The van der Waals surface area contributed by atoms with Gasteiger partial charge in [-0.2, -0.15) is 0 Å². The van der Waals surface area contributed by atoms with Crippen molar-refractivity contribution in [3.8, 4) is 0 Å². The second-order valence-electron chi connectivity index (χ2n) is 4.31. The van der Waals surface area contributed by atoms with Crippen LogP contribution < -0.4 is 11.5 Å². The molecule has 0 atom stereocenters. The van der Waals surface area contributed by atoms with Crippen LogP contribution in [-0.4, -0.2) is 20.7 Å². The molecule has 0 saturated carbocycles. The Labute approximate surface area is 125 Å². The maximum atomic E-state index is 13.8. The molecule has 0 unspecified atom stereocenters. The van der Waals surface area contributed by atoms with Crippen LogP contribution in [0.25, 0.3) is 0 Å². The number of carbonyl (C=O) groups excluding carboxylic acids is 1. The van der Waals surface area contributed by atoms with Gasteiger partial charge in [-0.05, 0) is 30.7 Å². The summed E-state index contributed by atoms with van der Waals surface area (Å²) in [5, 5.41) is 8.70. The average Bonchev–Trinajstić information content (AvgIpc) is 2.88. The molecule has 0 spiro atoms. The highest BCUT2D eigenvalue weighted by Gasteiger charge is 2.12. The Morgan fingerprint density at radius 2 is 2.19 bits per heavy atom. The normalized spacial score (nSPS) is 10.8. The van der Waals surface area contributed by atoms with Crippen LogP contribution in [-0.2, 0) is 18.8 Å². The zero-order valence-electron chi connectivity index (χ0n) is 11.5. The summed E-state index contributed by atoms with van der Waals surface area (Å²) in [7, 11) is 0. The second kappa shape index (κ2) is 6.68. The lowest BCUT2D eigenvalue weighted by Crippen LogP contribution is -2.11. The van der Waals surface area contributed by atoms with Crippen LogP contribution >= 0.6 is 11.8 Å². The molecule has 0 radical (unpaired) electrons. The minimum Gasteiger partial charge on any atom is -0.366 e. The molecule has 6 nitrogen and oxygen atoms in total. The number of aromatic nitrogens is 3. The molecule has 0 fully saturated rings. The van der Waals surface area contributed by atoms with Crippen LogP contribution in [0.5, 0.6) is 0 Å². The molecule has 4 N–H and O–H groups in total. The fraction of sp³-hybridized carbons (Fsp3) is 0.308. The number of hydrogen-bond acceptors (Lipinski definition) is 5. The Kier molecular flexibility index (Phi) is 4.92. The van der Waals surface area contributed by atoms with Crippen molar-refractivity contribution in [2.45, 2.75) is 30.9 Å². The Hall–Kier alpha value is -1.93. The molecule has 2 rings (SSSR count). The Morgan fingerprint density at radius 1 is 1.43 bits per heavy atom. The highest BCUT2D eigenvalue weighted by Crippen LogP contribution is 2.24. The summed E-state index contributed by atoms with van der Waals surface area (Å²) >= 11 is 1.34.